The molecule has 25 heavy (non-hydrogen) atoms. The van der Waals surface area contributed by atoms with Crippen molar-refractivity contribution in [3.8, 4) is 11.5 Å². The van der Waals surface area contributed by atoms with Crippen molar-refractivity contribution in [2.45, 2.75) is 33.1 Å². The lowest BCUT2D eigenvalue weighted by molar-refractivity contribution is 0.0944. The number of amides is 1. The highest BCUT2D eigenvalue weighted by Crippen LogP contribution is 2.35. The number of ether oxygens (including phenoxy) is 2. The maximum atomic E-state index is 12.6. The molecule has 1 aliphatic heterocycles. The predicted molar refractivity (Wildman–Crippen MR) is 95.5 cm³/mol. The fourth-order valence-corrected chi connectivity index (χ4v) is 3.06. The van der Waals surface area contributed by atoms with Crippen LogP contribution in [0.5, 0.6) is 11.5 Å². The molecule has 2 aromatic rings. The molecule has 0 saturated carbocycles. The van der Waals surface area contributed by atoms with Crippen LogP contribution in [-0.4, -0.2) is 35.4 Å². The number of aryl methyl sites for hydroxylation is 2. The van der Waals surface area contributed by atoms with Crippen molar-refractivity contribution in [3.63, 3.8) is 0 Å². The first-order chi connectivity index (χ1) is 11.8. The Labute approximate surface area is 148 Å². The van der Waals surface area contributed by atoms with Gasteiger partial charge in [-0.2, -0.15) is 5.10 Å². The minimum atomic E-state index is -0.241. The second-order valence-electron chi connectivity index (χ2n) is 7.09. The number of benzene rings is 1. The Bertz CT molecular complexity index is 808. The van der Waals surface area contributed by atoms with Gasteiger partial charge in [-0.3, -0.25) is 9.48 Å². The van der Waals surface area contributed by atoms with E-state index in [0.717, 1.165) is 28.5 Å². The zero-order valence-electron chi connectivity index (χ0n) is 15.5. The summed E-state index contributed by atoms with van der Waals surface area (Å²) in [5.74, 6) is 1.45. The van der Waals surface area contributed by atoms with Crippen LogP contribution >= 0.6 is 0 Å². The molecule has 1 N–H and O–H groups in total. The molecule has 0 fully saturated rings. The third-order valence-electron chi connectivity index (χ3n) is 4.75. The number of carbonyl (C=O) groups excluding carboxylic acids is 1. The summed E-state index contributed by atoms with van der Waals surface area (Å²) in [6.07, 6.45) is 0. The Kier molecular flexibility index (Phi) is 4.45. The summed E-state index contributed by atoms with van der Waals surface area (Å²) >= 11 is 0. The van der Waals surface area contributed by atoms with Crippen molar-refractivity contribution < 1.29 is 14.3 Å². The van der Waals surface area contributed by atoms with Crippen molar-refractivity contribution in [2.24, 2.45) is 7.05 Å². The molecule has 0 bridgehead atoms. The fourth-order valence-electron chi connectivity index (χ4n) is 3.06. The summed E-state index contributed by atoms with van der Waals surface area (Å²) in [5.41, 5.74) is 3.12. The minimum Gasteiger partial charge on any atom is -0.486 e. The van der Waals surface area contributed by atoms with Gasteiger partial charge < -0.3 is 14.8 Å². The molecule has 0 unspecified atom stereocenters. The van der Waals surface area contributed by atoms with Crippen LogP contribution in [0, 0.1) is 13.8 Å². The Balaban J connectivity index is 1.74. The van der Waals surface area contributed by atoms with Gasteiger partial charge in [-0.05, 0) is 31.5 Å². The smallest absolute Gasteiger partial charge is 0.255 e. The van der Waals surface area contributed by atoms with Crippen LogP contribution in [0.4, 0.5) is 0 Å². The summed E-state index contributed by atoms with van der Waals surface area (Å²) in [6.45, 7) is 9.61. The molecule has 0 spiro atoms. The minimum absolute atomic E-state index is 0.0891. The van der Waals surface area contributed by atoms with Crippen LogP contribution in [0.3, 0.4) is 0 Å². The summed E-state index contributed by atoms with van der Waals surface area (Å²) in [5, 5.41) is 7.36. The summed E-state index contributed by atoms with van der Waals surface area (Å²) in [7, 11) is 1.85. The number of hydrogen-bond acceptors (Lipinski definition) is 4. The average molecular weight is 343 g/mol. The highest BCUT2D eigenvalue weighted by atomic mass is 16.6. The van der Waals surface area contributed by atoms with E-state index in [4.69, 9.17) is 9.47 Å². The van der Waals surface area contributed by atoms with Gasteiger partial charge in [0.15, 0.2) is 11.5 Å². The van der Waals surface area contributed by atoms with Crippen LogP contribution in [-0.2, 0) is 12.5 Å². The number of carbonyl (C=O) groups is 1. The van der Waals surface area contributed by atoms with E-state index >= 15 is 0 Å². The Morgan fingerprint density at radius 3 is 2.56 bits per heavy atom. The first-order valence-electron chi connectivity index (χ1n) is 8.48. The molecule has 3 rings (SSSR count). The van der Waals surface area contributed by atoms with Crippen LogP contribution in [0.1, 0.15) is 41.2 Å². The Morgan fingerprint density at radius 1 is 1.24 bits per heavy atom. The molecule has 0 saturated heterocycles. The Hall–Kier alpha value is -2.50. The normalized spacial score (nSPS) is 13.6. The second-order valence-corrected chi connectivity index (χ2v) is 7.09. The quantitative estimate of drug-likeness (QED) is 0.926. The fraction of sp³-hybridized carbons (Fsp3) is 0.474. The maximum absolute atomic E-state index is 12.6. The molecular weight excluding hydrogens is 318 g/mol. The van der Waals surface area contributed by atoms with E-state index in [1.54, 1.807) is 4.68 Å². The molecule has 1 aromatic carbocycles. The van der Waals surface area contributed by atoms with Gasteiger partial charge in [0.1, 0.15) is 13.2 Å². The molecule has 134 valence electrons. The van der Waals surface area contributed by atoms with Gasteiger partial charge in [0.2, 0.25) is 0 Å². The monoisotopic (exact) mass is 343 g/mol. The standard InChI is InChI=1S/C19H25N3O3/c1-12-17(13(2)22(5)21-12)18(23)20-11-19(3,4)14-6-7-15-16(10-14)25-9-8-24-15/h6-7,10H,8-9,11H2,1-5H3,(H,20,23). The van der Waals surface area contributed by atoms with Crippen molar-refractivity contribution in [1.29, 1.82) is 0 Å². The zero-order chi connectivity index (χ0) is 18.2. The number of aromatic nitrogens is 2. The molecule has 1 aliphatic rings. The van der Waals surface area contributed by atoms with E-state index < -0.39 is 0 Å². The van der Waals surface area contributed by atoms with E-state index in [0.29, 0.717) is 25.3 Å². The number of hydrogen-bond donors (Lipinski definition) is 1. The molecule has 6 heteroatoms. The van der Waals surface area contributed by atoms with Gasteiger partial charge in [0.25, 0.3) is 5.91 Å². The number of rotatable bonds is 4. The molecular formula is C19H25N3O3. The SMILES string of the molecule is Cc1nn(C)c(C)c1C(=O)NCC(C)(C)c1ccc2c(c1)OCCO2. The van der Waals surface area contributed by atoms with Crippen LogP contribution in [0.25, 0.3) is 0 Å². The summed E-state index contributed by atoms with van der Waals surface area (Å²) < 4.78 is 13.0. The number of nitrogens with one attached hydrogen (secondary N) is 1. The second kappa shape index (κ2) is 6.43. The van der Waals surface area contributed by atoms with E-state index in [9.17, 15) is 4.79 Å². The average Bonchev–Trinajstić information content (AvgIpc) is 2.84. The van der Waals surface area contributed by atoms with Crippen molar-refractivity contribution >= 4 is 5.91 Å². The first-order valence-corrected chi connectivity index (χ1v) is 8.48. The van der Waals surface area contributed by atoms with E-state index in [2.05, 4.69) is 24.3 Å². The van der Waals surface area contributed by atoms with Gasteiger partial charge in [0.05, 0.1) is 11.3 Å². The molecule has 6 nitrogen and oxygen atoms in total. The highest BCUT2D eigenvalue weighted by Gasteiger charge is 2.25. The van der Waals surface area contributed by atoms with Crippen molar-refractivity contribution in [2.75, 3.05) is 19.8 Å². The largest absolute Gasteiger partial charge is 0.486 e. The lowest BCUT2D eigenvalue weighted by atomic mass is 9.84. The van der Waals surface area contributed by atoms with Crippen molar-refractivity contribution in [3.05, 3.63) is 40.7 Å². The molecule has 2 heterocycles. The van der Waals surface area contributed by atoms with Crippen LogP contribution in [0.2, 0.25) is 0 Å². The van der Waals surface area contributed by atoms with Crippen molar-refractivity contribution in [1.82, 2.24) is 15.1 Å². The topological polar surface area (TPSA) is 65.4 Å². The Morgan fingerprint density at radius 2 is 1.92 bits per heavy atom. The highest BCUT2D eigenvalue weighted by molar-refractivity contribution is 5.96. The maximum Gasteiger partial charge on any atom is 0.255 e. The third-order valence-corrected chi connectivity index (χ3v) is 4.75. The molecule has 0 atom stereocenters. The lowest BCUT2D eigenvalue weighted by Crippen LogP contribution is -2.37. The van der Waals surface area contributed by atoms with Gasteiger partial charge >= 0.3 is 0 Å². The van der Waals surface area contributed by atoms with Gasteiger partial charge in [-0.25, -0.2) is 0 Å². The number of nitrogens with zero attached hydrogens (tertiary/aromatic N) is 2. The van der Waals surface area contributed by atoms with E-state index in [1.165, 1.54) is 0 Å². The zero-order valence-corrected chi connectivity index (χ0v) is 15.5. The summed E-state index contributed by atoms with van der Waals surface area (Å²) in [6, 6.07) is 5.96. The molecule has 1 aromatic heterocycles. The summed E-state index contributed by atoms with van der Waals surface area (Å²) in [4.78, 5) is 12.6. The predicted octanol–water partition coefficient (Wildman–Crippen LogP) is 2.52. The van der Waals surface area contributed by atoms with E-state index in [1.807, 2.05) is 39.1 Å². The van der Waals surface area contributed by atoms with Gasteiger partial charge in [0, 0.05) is 24.7 Å². The van der Waals surface area contributed by atoms with Crippen LogP contribution in [0.15, 0.2) is 18.2 Å². The number of fused-ring (bicyclic) bond motifs is 1. The molecule has 0 radical (unpaired) electrons. The molecule has 1 amide bonds. The van der Waals surface area contributed by atoms with Crippen LogP contribution < -0.4 is 14.8 Å². The lowest BCUT2D eigenvalue weighted by Gasteiger charge is -2.28. The van der Waals surface area contributed by atoms with E-state index in [-0.39, 0.29) is 11.3 Å². The first kappa shape index (κ1) is 17.3. The van der Waals surface area contributed by atoms with Gasteiger partial charge in [-0.1, -0.05) is 19.9 Å². The molecule has 0 aliphatic carbocycles. The van der Waals surface area contributed by atoms with Gasteiger partial charge in [-0.15, -0.1) is 0 Å². The third kappa shape index (κ3) is 3.34.